The molecule has 14 heavy (non-hydrogen) atoms. The molecule has 1 aromatic rings. The molecule has 1 rings (SSSR count). The molecule has 0 saturated heterocycles. The van der Waals surface area contributed by atoms with Gasteiger partial charge in [-0.2, -0.15) is 0 Å². The predicted octanol–water partition coefficient (Wildman–Crippen LogP) is 2.27. The van der Waals surface area contributed by atoms with E-state index in [4.69, 9.17) is 5.11 Å². The average molecular weight is 198 g/mol. The molecule has 0 radical (unpaired) electrons. The Hall–Kier alpha value is -1.71. The minimum Gasteiger partial charge on any atom is -0.503 e. The van der Waals surface area contributed by atoms with E-state index < -0.39 is 17.4 Å². The fourth-order valence-corrected chi connectivity index (χ4v) is 0.941. The standard InChI is InChI=1S/C10H8F2O2/c11-8-5-7(3-1-2-4-13)6-9(12)10(8)14/h1,3-6,14H,2H2. The highest BCUT2D eigenvalue weighted by Crippen LogP contribution is 2.21. The molecule has 0 aliphatic rings. The molecule has 74 valence electrons. The number of benzene rings is 1. The van der Waals surface area contributed by atoms with E-state index >= 15 is 0 Å². The number of phenols is 1. The Balaban J connectivity index is 2.95. The first-order valence-electron chi connectivity index (χ1n) is 3.93. The molecule has 0 atom stereocenters. The van der Waals surface area contributed by atoms with Gasteiger partial charge in [0.05, 0.1) is 0 Å². The van der Waals surface area contributed by atoms with Crippen molar-refractivity contribution in [2.45, 2.75) is 6.42 Å². The smallest absolute Gasteiger partial charge is 0.187 e. The van der Waals surface area contributed by atoms with Gasteiger partial charge < -0.3 is 9.90 Å². The van der Waals surface area contributed by atoms with Gasteiger partial charge in [-0.3, -0.25) is 0 Å². The summed E-state index contributed by atoms with van der Waals surface area (Å²) in [6.45, 7) is 0. The van der Waals surface area contributed by atoms with Crippen LogP contribution in [0.4, 0.5) is 8.78 Å². The number of aromatic hydroxyl groups is 1. The summed E-state index contributed by atoms with van der Waals surface area (Å²) in [4.78, 5) is 9.94. The van der Waals surface area contributed by atoms with Crippen molar-refractivity contribution in [2.75, 3.05) is 0 Å². The van der Waals surface area contributed by atoms with Crippen LogP contribution in [0.3, 0.4) is 0 Å². The van der Waals surface area contributed by atoms with E-state index in [1.165, 1.54) is 12.2 Å². The van der Waals surface area contributed by atoms with Crippen molar-refractivity contribution in [3.63, 3.8) is 0 Å². The monoisotopic (exact) mass is 198 g/mol. The Morgan fingerprint density at radius 1 is 1.29 bits per heavy atom. The number of phenolic OH excluding ortho intramolecular Hbond substituents is 1. The van der Waals surface area contributed by atoms with Crippen molar-refractivity contribution in [3.05, 3.63) is 35.4 Å². The molecule has 0 spiro atoms. The molecule has 1 aromatic carbocycles. The highest BCUT2D eigenvalue weighted by atomic mass is 19.1. The Morgan fingerprint density at radius 2 is 1.86 bits per heavy atom. The van der Waals surface area contributed by atoms with E-state index in [-0.39, 0.29) is 12.0 Å². The fraction of sp³-hybridized carbons (Fsp3) is 0.100. The number of carbonyl (C=O) groups excluding carboxylic acids is 1. The van der Waals surface area contributed by atoms with Gasteiger partial charge in [0.15, 0.2) is 17.4 Å². The first kappa shape index (κ1) is 10.4. The number of allylic oxidation sites excluding steroid dienone is 1. The lowest BCUT2D eigenvalue weighted by Crippen LogP contribution is -1.84. The number of halogens is 2. The molecule has 4 heteroatoms. The molecule has 0 fully saturated rings. The number of carbonyl (C=O) groups is 1. The summed E-state index contributed by atoms with van der Waals surface area (Å²) in [5.41, 5.74) is 0.264. The van der Waals surface area contributed by atoms with Gasteiger partial charge in [-0.25, -0.2) is 8.78 Å². The number of rotatable bonds is 3. The minimum absolute atomic E-state index is 0.185. The molecular formula is C10H8F2O2. The predicted molar refractivity (Wildman–Crippen MR) is 47.7 cm³/mol. The van der Waals surface area contributed by atoms with Gasteiger partial charge >= 0.3 is 0 Å². The highest BCUT2D eigenvalue weighted by molar-refractivity contribution is 5.58. The summed E-state index contributed by atoms with van der Waals surface area (Å²) in [6, 6.07) is 1.97. The Morgan fingerprint density at radius 3 is 2.36 bits per heavy atom. The van der Waals surface area contributed by atoms with Gasteiger partial charge in [0, 0.05) is 6.42 Å². The van der Waals surface area contributed by atoms with Gasteiger partial charge in [0.25, 0.3) is 0 Å². The summed E-state index contributed by atoms with van der Waals surface area (Å²) in [5, 5.41) is 8.77. The maximum atomic E-state index is 12.8. The summed E-state index contributed by atoms with van der Waals surface area (Å²) in [7, 11) is 0. The zero-order valence-electron chi connectivity index (χ0n) is 7.21. The SMILES string of the molecule is O=CCC=Cc1cc(F)c(O)c(F)c1. The summed E-state index contributed by atoms with van der Waals surface area (Å²) >= 11 is 0. The number of aldehydes is 1. The normalized spacial score (nSPS) is 10.7. The largest absolute Gasteiger partial charge is 0.503 e. The van der Waals surface area contributed by atoms with E-state index in [2.05, 4.69) is 0 Å². The molecule has 0 unspecified atom stereocenters. The number of hydrogen-bond acceptors (Lipinski definition) is 2. The molecule has 0 aliphatic carbocycles. The Labute approximate surface area is 79.5 Å². The molecule has 2 nitrogen and oxygen atoms in total. The third kappa shape index (κ3) is 2.39. The highest BCUT2D eigenvalue weighted by Gasteiger charge is 2.07. The molecule has 1 N–H and O–H groups in total. The van der Waals surface area contributed by atoms with Crippen LogP contribution >= 0.6 is 0 Å². The van der Waals surface area contributed by atoms with Gasteiger partial charge in [0.1, 0.15) is 6.29 Å². The Bertz CT molecular complexity index is 349. The summed E-state index contributed by atoms with van der Waals surface area (Å²) < 4.78 is 25.5. The lowest BCUT2D eigenvalue weighted by atomic mass is 10.2. The molecule has 0 bridgehead atoms. The quantitative estimate of drug-likeness (QED) is 0.756. The van der Waals surface area contributed by atoms with Gasteiger partial charge in [-0.05, 0) is 17.7 Å². The molecular weight excluding hydrogens is 190 g/mol. The van der Waals surface area contributed by atoms with Crippen molar-refractivity contribution in [3.8, 4) is 5.75 Å². The van der Waals surface area contributed by atoms with Crippen LogP contribution in [0.5, 0.6) is 5.75 Å². The maximum Gasteiger partial charge on any atom is 0.187 e. The molecule has 0 amide bonds. The molecule has 0 saturated carbocycles. The van der Waals surface area contributed by atoms with Crippen LogP contribution in [0.2, 0.25) is 0 Å². The second-order valence-corrected chi connectivity index (χ2v) is 2.64. The zero-order chi connectivity index (χ0) is 10.6. The zero-order valence-corrected chi connectivity index (χ0v) is 7.21. The second-order valence-electron chi connectivity index (χ2n) is 2.64. The topological polar surface area (TPSA) is 37.3 Å². The van der Waals surface area contributed by atoms with E-state index in [1.54, 1.807) is 0 Å². The lowest BCUT2D eigenvalue weighted by Gasteiger charge is -1.98. The van der Waals surface area contributed by atoms with Crippen molar-refractivity contribution < 1.29 is 18.7 Å². The molecule has 0 aromatic heterocycles. The third-order valence-corrected chi connectivity index (χ3v) is 1.58. The second kappa shape index (κ2) is 4.50. The van der Waals surface area contributed by atoms with Crippen LogP contribution in [0, 0.1) is 11.6 Å². The van der Waals surface area contributed by atoms with Gasteiger partial charge in [0.2, 0.25) is 0 Å². The van der Waals surface area contributed by atoms with Gasteiger partial charge in [-0.15, -0.1) is 0 Å². The fourth-order valence-electron chi connectivity index (χ4n) is 0.941. The Kier molecular flexibility index (Phi) is 3.34. The van der Waals surface area contributed by atoms with Crippen molar-refractivity contribution in [1.29, 1.82) is 0 Å². The minimum atomic E-state index is -1.02. The average Bonchev–Trinajstić information content (AvgIpc) is 2.14. The van der Waals surface area contributed by atoms with E-state index in [0.717, 1.165) is 12.1 Å². The first-order chi connectivity index (χ1) is 6.65. The van der Waals surface area contributed by atoms with Crippen LogP contribution in [-0.4, -0.2) is 11.4 Å². The summed E-state index contributed by atoms with van der Waals surface area (Å²) in [6.07, 6.45) is 3.73. The lowest BCUT2D eigenvalue weighted by molar-refractivity contribution is -0.107. The van der Waals surface area contributed by atoms with Crippen molar-refractivity contribution in [2.24, 2.45) is 0 Å². The van der Waals surface area contributed by atoms with E-state index in [9.17, 15) is 13.6 Å². The van der Waals surface area contributed by atoms with E-state index in [1.807, 2.05) is 0 Å². The number of hydrogen-bond donors (Lipinski definition) is 1. The maximum absolute atomic E-state index is 12.8. The third-order valence-electron chi connectivity index (χ3n) is 1.58. The van der Waals surface area contributed by atoms with E-state index in [0.29, 0.717) is 6.29 Å². The summed E-state index contributed by atoms with van der Waals surface area (Å²) in [5.74, 6) is -3.02. The first-order valence-corrected chi connectivity index (χ1v) is 3.93. The van der Waals surface area contributed by atoms with Crippen molar-refractivity contribution in [1.82, 2.24) is 0 Å². The van der Waals surface area contributed by atoms with Crippen LogP contribution in [-0.2, 0) is 4.79 Å². The van der Waals surface area contributed by atoms with Crippen LogP contribution in [0.1, 0.15) is 12.0 Å². The van der Waals surface area contributed by atoms with Crippen molar-refractivity contribution >= 4 is 12.4 Å². The molecule has 0 heterocycles. The van der Waals surface area contributed by atoms with Crippen LogP contribution in [0.15, 0.2) is 18.2 Å². The molecule has 0 aliphatic heterocycles. The van der Waals surface area contributed by atoms with Gasteiger partial charge in [-0.1, -0.05) is 12.2 Å². The van der Waals surface area contributed by atoms with Crippen LogP contribution < -0.4 is 0 Å². The van der Waals surface area contributed by atoms with Crippen LogP contribution in [0.25, 0.3) is 6.08 Å².